The van der Waals surface area contributed by atoms with Crippen molar-refractivity contribution >= 4 is 11.9 Å². The van der Waals surface area contributed by atoms with E-state index in [-0.39, 0.29) is 0 Å². The predicted octanol–water partition coefficient (Wildman–Crippen LogP) is 0.645. The summed E-state index contributed by atoms with van der Waals surface area (Å²) in [4.78, 5) is 23.3. The molecule has 114 valence electrons. The van der Waals surface area contributed by atoms with Gasteiger partial charge in [0, 0.05) is 5.56 Å². The van der Waals surface area contributed by atoms with Crippen molar-refractivity contribution in [2.24, 2.45) is 5.92 Å². The molecule has 0 saturated heterocycles. The summed E-state index contributed by atoms with van der Waals surface area (Å²) < 4.78 is 1.47. The van der Waals surface area contributed by atoms with Crippen LogP contribution < -0.4 is 5.32 Å². The zero-order valence-electron chi connectivity index (χ0n) is 11.7. The number of hydrogen-bond acceptors (Lipinski definition) is 5. The van der Waals surface area contributed by atoms with Crippen molar-refractivity contribution in [2.75, 3.05) is 0 Å². The normalized spacial score (nSPS) is 15.3. The number of aromatic nitrogens is 4. The maximum absolute atomic E-state index is 12.1. The first-order chi connectivity index (χ1) is 10.6. The van der Waals surface area contributed by atoms with Crippen molar-refractivity contribution in [2.45, 2.75) is 25.3 Å². The first-order valence-electron chi connectivity index (χ1n) is 7.00. The van der Waals surface area contributed by atoms with Gasteiger partial charge < -0.3 is 10.4 Å². The van der Waals surface area contributed by atoms with E-state index in [4.69, 9.17) is 0 Å². The van der Waals surface area contributed by atoms with E-state index in [1.807, 2.05) is 0 Å². The average molecular weight is 301 g/mol. The van der Waals surface area contributed by atoms with E-state index in [0.29, 0.717) is 23.6 Å². The highest BCUT2D eigenvalue weighted by atomic mass is 16.4. The zero-order chi connectivity index (χ0) is 15.5. The number of nitrogens with zero attached hydrogens (tertiary/aromatic N) is 4. The van der Waals surface area contributed by atoms with Crippen LogP contribution in [0.1, 0.15) is 29.6 Å². The molecule has 1 unspecified atom stereocenters. The second-order valence-corrected chi connectivity index (χ2v) is 5.34. The van der Waals surface area contributed by atoms with Gasteiger partial charge in [0.05, 0.1) is 5.69 Å². The van der Waals surface area contributed by atoms with Gasteiger partial charge in [-0.25, -0.2) is 9.48 Å². The van der Waals surface area contributed by atoms with Crippen molar-refractivity contribution in [3.63, 3.8) is 0 Å². The molecule has 22 heavy (non-hydrogen) atoms. The van der Waals surface area contributed by atoms with Crippen LogP contribution in [0, 0.1) is 5.92 Å². The second-order valence-electron chi connectivity index (χ2n) is 5.34. The fourth-order valence-electron chi connectivity index (χ4n) is 2.20. The van der Waals surface area contributed by atoms with Gasteiger partial charge in [-0.15, -0.1) is 5.10 Å². The Morgan fingerprint density at radius 2 is 2.05 bits per heavy atom. The van der Waals surface area contributed by atoms with Crippen LogP contribution in [0.4, 0.5) is 0 Å². The molecule has 2 aromatic rings. The molecule has 0 radical (unpaired) electrons. The van der Waals surface area contributed by atoms with Crippen LogP contribution in [0.3, 0.4) is 0 Å². The summed E-state index contributed by atoms with van der Waals surface area (Å²) in [5, 5.41) is 22.6. The number of hydrogen-bond donors (Lipinski definition) is 2. The number of benzene rings is 1. The van der Waals surface area contributed by atoms with Crippen molar-refractivity contribution in [1.82, 2.24) is 25.5 Å². The van der Waals surface area contributed by atoms with Gasteiger partial charge in [0.2, 0.25) is 0 Å². The molecule has 1 saturated carbocycles. The monoisotopic (exact) mass is 301 g/mol. The highest BCUT2D eigenvalue weighted by molar-refractivity contribution is 5.96. The van der Waals surface area contributed by atoms with Crippen LogP contribution in [0.25, 0.3) is 5.69 Å². The Morgan fingerprint density at radius 1 is 1.32 bits per heavy atom. The van der Waals surface area contributed by atoms with E-state index in [0.717, 1.165) is 12.8 Å². The quantitative estimate of drug-likeness (QED) is 0.810. The van der Waals surface area contributed by atoms with E-state index in [1.165, 1.54) is 11.0 Å². The Labute approximate surface area is 126 Å². The van der Waals surface area contributed by atoms with Gasteiger partial charge in [-0.3, -0.25) is 4.79 Å². The number of rotatable bonds is 6. The maximum Gasteiger partial charge on any atom is 0.326 e. The Kier molecular flexibility index (Phi) is 3.82. The molecule has 1 aliphatic carbocycles. The molecule has 0 aliphatic heterocycles. The van der Waals surface area contributed by atoms with Gasteiger partial charge in [-0.2, -0.15) is 0 Å². The average Bonchev–Trinajstić information content (AvgIpc) is 3.16. The third-order valence-corrected chi connectivity index (χ3v) is 3.61. The minimum absolute atomic E-state index is 0.392. The van der Waals surface area contributed by atoms with Crippen molar-refractivity contribution in [3.05, 3.63) is 36.2 Å². The lowest BCUT2D eigenvalue weighted by Crippen LogP contribution is -2.41. The Balaban J connectivity index is 1.67. The van der Waals surface area contributed by atoms with Crippen LogP contribution in [-0.2, 0) is 4.79 Å². The number of carbonyl (C=O) groups excluding carboxylic acids is 1. The number of aliphatic carboxylic acids is 1. The molecule has 0 spiro atoms. The fourth-order valence-corrected chi connectivity index (χ4v) is 2.20. The topological polar surface area (TPSA) is 110 Å². The molecule has 1 aromatic carbocycles. The zero-order valence-corrected chi connectivity index (χ0v) is 11.7. The van der Waals surface area contributed by atoms with Crippen LogP contribution in [0.5, 0.6) is 0 Å². The van der Waals surface area contributed by atoms with Crippen LogP contribution >= 0.6 is 0 Å². The Hall–Kier alpha value is -2.77. The Bertz CT molecular complexity index is 664. The molecule has 8 nitrogen and oxygen atoms in total. The summed E-state index contributed by atoms with van der Waals surface area (Å²) in [6.45, 7) is 0. The molecule has 1 heterocycles. The smallest absolute Gasteiger partial charge is 0.326 e. The summed E-state index contributed by atoms with van der Waals surface area (Å²) in [6, 6.07) is 5.79. The molecule has 1 atom stereocenters. The minimum Gasteiger partial charge on any atom is -0.480 e. The standard InChI is InChI=1S/C14H15N5O3/c20-13(16-12(14(21)22)7-9-1-2-9)10-3-5-11(6-4-10)19-8-15-17-18-19/h3-6,8-9,12H,1-2,7H2,(H,16,20)(H,21,22). The SMILES string of the molecule is O=C(NC(CC1CC1)C(=O)O)c1ccc(-n2cnnn2)cc1. The summed E-state index contributed by atoms with van der Waals surface area (Å²) in [5.41, 5.74) is 1.12. The number of carbonyl (C=O) groups is 2. The van der Waals surface area contributed by atoms with Gasteiger partial charge in [0.1, 0.15) is 12.4 Å². The summed E-state index contributed by atoms with van der Waals surface area (Å²) in [5.74, 6) is -0.967. The Morgan fingerprint density at radius 3 is 2.59 bits per heavy atom. The summed E-state index contributed by atoms with van der Waals surface area (Å²) in [6.07, 6.45) is 4.02. The first kappa shape index (κ1) is 14.2. The number of carboxylic acid groups (broad SMARTS) is 1. The van der Waals surface area contributed by atoms with Crippen molar-refractivity contribution in [3.8, 4) is 5.69 Å². The molecule has 1 amide bonds. The van der Waals surface area contributed by atoms with Crippen molar-refractivity contribution < 1.29 is 14.7 Å². The molecule has 0 bridgehead atoms. The van der Waals surface area contributed by atoms with Gasteiger partial charge in [0.25, 0.3) is 5.91 Å². The fraction of sp³-hybridized carbons (Fsp3) is 0.357. The maximum atomic E-state index is 12.1. The minimum atomic E-state index is -0.995. The molecule has 1 fully saturated rings. The van der Waals surface area contributed by atoms with E-state index >= 15 is 0 Å². The summed E-state index contributed by atoms with van der Waals surface area (Å²) in [7, 11) is 0. The predicted molar refractivity (Wildman–Crippen MR) is 75.4 cm³/mol. The van der Waals surface area contributed by atoms with Crippen molar-refractivity contribution in [1.29, 1.82) is 0 Å². The molecule has 8 heteroatoms. The second kappa shape index (κ2) is 5.92. The lowest BCUT2D eigenvalue weighted by molar-refractivity contribution is -0.139. The molecule has 3 rings (SSSR count). The third kappa shape index (κ3) is 3.27. The van der Waals surface area contributed by atoms with Gasteiger partial charge in [-0.1, -0.05) is 12.8 Å². The molecular formula is C14H15N5O3. The number of carboxylic acids is 1. The number of tetrazole rings is 1. The van der Waals surface area contributed by atoms with E-state index in [2.05, 4.69) is 20.8 Å². The first-order valence-corrected chi connectivity index (χ1v) is 7.00. The van der Waals surface area contributed by atoms with Gasteiger partial charge >= 0.3 is 5.97 Å². The number of amides is 1. The van der Waals surface area contributed by atoms with E-state index < -0.39 is 17.9 Å². The van der Waals surface area contributed by atoms with E-state index in [1.54, 1.807) is 24.3 Å². The molecule has 1 aliphatic rings. The number of nitrogens with one attached hydrogen (secondary N) is 1. The summed E-state index contributed by atoms with van der Waals surface area (Å²) >= 11 is 0. The van der Waals surface area contributed by atoms with Gasteiger partial charge in [0.15, 0.2) is 0 Å². The van der Waals surface area contributed by atoms with Crippen LogP contribution in [0.2, 0.25) is 0 Å². The van der Waals surface area contributed by atoms with Gasteiger partial charge in [-0.05, 0) is 47.0 Å². The lowest BCUT2D eigenvalue weighted by Gasteiger charge is -2.14. The largest absolute Gasteiger partial charge is 0.480 e. The van der Waals surface area contributed by atoms with E-state index in [9.17, 15) is 14.7 Å². The highest BCUT2D eigenvalue weighted by Gasteiger charge is 2.30. The third-order valence-electron chi connectivity index (χ3n) is 3.61. The van der Waals surface area contributed by atoms with Crippen LogP contribution in [0.15, 0.2) is 30.6 Å². The van der Waals surface area contributed by atoms with Crippen LogP contribution in [-0.4, -0.2) is 43.2 Å². The lowest BCUT2D eigenvalue weighted by atomic mass is 10.1. The molecule has 2 N–H and O–H groups in total. The molecular weight excluding hydrogens is 286 g/mol. The highest BCUT2D eigenvalue weighted by Crippen LogP contribution is 2.33. The molecule has 1 aromatic heterocycles.